The fourth-order valence-electron chi connectivity index (χ4n) is 0.387. The van der Waals surface area contributed by atoms with Gasteiger partial charge in [-0.2, -0.15) is 0 Å². The lowest BCUT2D eigenvalue weighted by atomic mass is 9.70. The average molecular weight is 130 g/mol. The van der Waals surface area contributed by atoms with E-state index in [0.29, 0.717) is 0 Å². The number of carbonyl (C=O) groups excluding carboxylic acids is 1. The summed E-state index contributed by atoms with van der Waals surface area (Å²) in [6.07, 6.45) is 0. The molecule has 0 aromatic heterocycles. The molecule has 0 aliphatic carbocycles. The highest BCUT2D eigenvalue weighted by atomic mass is 16.4. The van der Waals surface area contributed by atoms with Gasteiger partial charge in [-0.1, -0.05) is 20.8 Å². The Labute approximate surface area is 54.8 Å². The molecule has 0 fully saturated rings. The average Bonchev–Trinajstić information content (AvgIpc) is 1.62. The Morgan fingerprint density at radius 3 is 1.67 bits per heavy atom. The lowest BCUT2D eigenvalue weighted by molar-refractivity contribution is -0.120. The third-order valence-corrected chi connectivity index (χ3v) is 0.974. The molecule has 0 heterocycles. The van der Waals surface area contributed by atoms with Crippen LogP contribution in [0.4, 0.5) is 0 Å². The van der Waals surface area contributed by atoms with Gasteiger partial charge in [0.05, 0.1) is 0 Å². The van der Waals surface area contributed by atoms with Gasteiger partial charge in [-0.25, -0.2) is 0 Å². The quantitative estimate of drug-likeness (QED) is 0.475. The van der Waals surface area contributed by atoms with Crippen molar-refractivity contribution in [2.75, 3.05) is 0 Å². The van der Waals surface area contributed by atoms with Crippen molar-refractivity contribution in [1.82, 2.24) is 0 Å². The van der Waals surface area contributed by atoms with Crippen molar-refractivity contribution in [3.05, 3.63) is 0 Å². The molecule has 0 amide bonds. The van der Waals surface area contributed by atoms with E-state index in [1.165, 1.54) is 0 Å². The summed E-state index contributed by atoms with van der Waals surface area (Å²) in [7, 11) is -1.83. The predicted octanol–water partition coefficient (Wildman–Crippen LogP) is -0.386. The molecule has 0 aliphatic heterocycles. The number of hydrogen-bond acceptors (Lipinski definition) is 3. The smallest absolute Gasteiger partial charge is 0.421 e. The van der Waals surface area contributed by atoms with Crippen molar-refractivity contribution in [1.29, 1.82) is 0 Å². The minimum Gasteiger partial charge on any atom is -0.421 e. The largest absolute Gasteiger partial charge is 0.527 e. The molecule has 0 saturated heterocycles. The van der Waals surface area contributed by atoms with Crippen LogP contribution in [0.2, 0.25) is 0 Å². The monoisotopic (exact) mass is 130 g/mol. The molecular weight excluding hydrogens is 119 g/mol. The van der Waals surface area contributed by atoms with E-state index in [4.69, 9.17) is 10.0 Å². The van der Waals surface area contributed by atoms with Gasteiger partial charge in [-0.15, -0.1) is 0 Å². The summed E-state index contributed by atoms with van der Waals surface area (Å²) in [6, 6.07) is 0. The highest BCUT2D eigenvalue weighted by molar-refractivity contribution is 6.79. The van der Waals surface area contributed by atoms with Gasteiger partial charge in [-0.05, 0) is 0 Å². The molecule has 0 aromatic rings. The zero-order chi connectivity index (χ0) is 7.65. The van der Waals surface area contributed by atoms with Gasteiger partial charge in [0, 0.05) is 5.41 Å². The first kappa shape index (κ1) is 8.65. The van der Waals surface area contributed by atoms with Crippen molar-refractivity contribution in [2.45, 2.75) is 20.8 Å². The van der Waals surface area contributed by atoms with Crippen molar-refractivity contribution in [3.8, 4) is 0 Å². The third kappa shape index (κ3) is 2.63. The van der Waals surface area contributed by atoms with E-state index in [9.17, 15) is 4.79 Å². The molecule has 0 aromatic carbocycles. The van der Waals surface area contributed by atoms with Crippen molar-refractivity contribution in [3.63, 3.8) is 0 Å². The highest BCUT2D eigenvalue weighted by Gasteiger charge is 2.31. The fourth-order valence-corrected chi connectivity index (χ4v) is 0.387. The van der Waals surface area contributed by atoms with Crippen LogP contribution >= 0.6 is 0 Å². The number of hydrogen-bond donors (Lipinski definition) is 2. The Hall–Kier alpha value is -0.345. The van der Waals surface area contributed by atoms with Crippen LogP contribution in [0.15, 0.2) is 0 Å². The summed E-state index contributed by atoms with van der Waals surface area (Å²) in [4.78, 5) is 10.7. The second-order valence-corrected chi connectivity index (χ2v) is 2.99. The predicted molar refractivity (Wildman–Crippen MR) is 34.7 cm³/mol. The van der Waals surface area contributed by atoms with Gasteiger partial charge in [0.1, 0.15) is 0 Å². The maximum Gasteiger partial charge on any atom is 0.527 e. The Morgan fingerprint density at radius 2 is 1.67 bits per heavy atom. The molecule has 0 aliphatic rings. The second kappa shape index (κ2) is 2.50. The molecule has 9 heavy (non-hydrogen) atoms. The molecule has 0 unspecified atom stereocenters. The second-order valence-electron chi connectivity index (χ2n) is 2.99. The maximum atomic E-state index is 10.7. The van der Waals surface area contributed by atoms with Crippen LogP contribution in [0, 0.1) is 5.41 Å². The van der Waals surface area contributed by atoms with Gasteiger partial charge >= 0.3 is 7.12 Å². The Morgan fingerprint density at radius 1 is 1.33 bits per heavy atom. The third-order valence-electron chi connectivity index (χ3n) is 0.974. The standard InChI is InChI=1S/C5H11BO3/c1-5(2,3)4(7)6(8)9/h8-9H,1-3H3. The van der Waals surface area contributed by atoms with E-state index in [2.05, 4.69) is 0 Å². The van der Waals surface area contributed by atoms with Crippen LogP contribution in [-0.4, -0.2) is 22.8 Å². The van der Waals surface area contributed by atoms with E-state index in [0.717, 1.165) is 0 Å². The molecule has 0 spiro atoms. The first-order valence-corrected chi connectivity index (χ1v) is 2.76. The van der Waals surface area contributed by atoms with Crippen LogP contribution in [-0.2, 0) is 4.79 Å². The van der Waals surface area contributed by atoms with E-state index in [-0.39, 0.29) is 0 Å². The molecule has 0 bridgehead atoms. The van der Waals surface area contributed by atoms with Crippen molar-refractivity contribution < 1.29 is 14.8 Å². The van der Waals surface area contributed by atoms with Crippen LogP contribution in [0.25, 0.3) is 0 Å². The van der Waals surface area contributed by atoms with E-state index in [1.54, 1.807) is 20.8 Å². The molecular formula is C5H11BO3. The van der Waals surface area contributed by atoms with Gasteiger partial charge in [-0.3, -0.25) is 0 Å². The van der Waals surface area contributed by atoms with Crippen molar-refractivity contribution in [2.24, 2.45) is 5.41 Å². The number of rotatable bonds is 1. The molecule has 0 rings (SSSR count). The molecule has 0 atom stereocenters. The van der Waals surface area contributed by atoms with Crippen molar-refractivity contribution >= 4 is 12.8 Å². The van der Waals surface area contributed by atoms with Crippen LogP contribution in [0.3, 0.4) is 0 Å². The first-order valence-electron chi connectivity index (χ1n) is 2.76. The molecule has 52 valence electrons. The summed E-state index contributed by atoms with van der Waals surface area (Å²) in [5.74, 6) is 0. The fraction of sp³-hybridized carbons (Fsp3) is 0.800. The summed E-state index contributed by atoms with van der Waals surface area (Å²) < 4.78 is 0. The zero-order valence-corrected chi connectivity index (χ0v) is 5.88. The normalized spacial score (nSPS) is 11.2. The lowest BCUT2D eigenvalue weighted by Crippen LogP contribution is -2.36. The van der Waals surface area contributed by atoms with Gasteiger partial charge in [0.2, 0.25) is 0 Å². The molecule has 2 N–H and O–H groups in total. The van der Waals surface area contributed by atoms with Crippen LogP contribution in [0.1, 0.15) is 20.8 Å². The summed E-state index contributed by atoms with van der Waals surface area (Å²) in [5, 5.41) is 16.7. The van der Waals surface area contributed by atoms with E-state index >= 15 is 0 Å². The minimum absolute atomic E-state index is 0.553. The lowest BCUT2D eigenvalue weighted by Gasteiger charge is -2.14. The molecule has 0 saturated carbocycles. The van der Waals surface area contributed by atoms with E-state index in [1.807, 2.05) is 0 Å². The Kier molecular flexibility index (Phi) is 2.40. The molecule has 3 nitrogen and oxygen atoms in total. The Balaban J connectivity index is 4.06. The minimum atomic E-state index is -1.83. The summed E-state index contributed by atoms with van der Waals surface area (Å²) in [5.41, 5.74) is -1.21. The van der Waals surface area contributed by atoms with Crippen LogP contribution < -0.4 is 0 Å². The molecule has 0 radical (unpaired) electrons. The topological polar surface area (TPSA) is 57.5 Å². The number of carbonyl (C=O) groups is 1. The van der Waals surface area contributed by atoms with Crippen LogP contribution in [0.5, 0.6) is 0 Å². The first-order chi connectivity index (χ1) is 3.85. The summed E-state index contributed by atoms with van der Waals surface area (Å²) in [6.45, 7) is 4.90. The maximum absolute atomic E-state index is 10.7. The molecule has 4 heteroatoms. The van der Waals surface area contributed by atoms with E-state index < -0.39 is 18.2 Å². The highest BCUT2D eigenvalue weighted by Crippen LogP contribution is 2.14. The zero-order valence-electron chi connectivity index (χ0n) is 5.88. The SMILES string of the molecule is CC(C)(C)C(=O)B(O)O. The van der Waals surface area contributed by atoms with Gasteiger partial charge < -0.3 is 14.8 Å². The van der Waals surface area contributed by atoms with Gasteiger partial charge in [0.25, 0.3) is 0 Å². The van der Waals surface area contributed by atoms with Gasteiger partial charge in [0.15, 0.2) is 5.68 Å². The summed E-state index contributed by atoms with van der Waals surface area (Å²) >= 11 is 0. The Bertz CT molecular complexity index is 114.